The maximum Gasteiger partial charge on any atom is 0.320 e. The number of carbonyl (C=O) groups excluding carboxylic acids is 5. The molecule has 0 fully saturated rings. The molecule has 0 saturated carbocycles. The average molecular weight is 949 g/mol. The molecule has 4 aromatic rings. The van der Waals surface area contributed by atoms with Gasteiger partial charge in [-0.1, -0.05) is 45.4 Å². The van der Waals surface area contributed by atoms with E-state index in [0.29, 0.717) is 23.4 Å². The Morgan fingerprint density at radius 2 is 1.56 bits per heavy atom. The molecule has 2 heterocycles. The van der Waals surface area contributed by atoms with Gasteiger partial charge in [0.15, 0.2) is 28.5 Å². The molecule has 5 amide bonds. The number of hydrogen-bond acceptors (Lipinski definition) is 16. The molecule has 0 spiro atoms. The van der Waals surface area contributed by atoms with Gasteiger partial charge in [0, 0.05) is 31.1 Å². The number of benzene rings is 2. The van der Waals surface area contributed by atoms with Crippen LogP contribution in [0.15, 0.2) is 48.5 Å². The number of nitrogens with zero attached hydrogens (tertiary/aromatic N) is 4. The van der Waals surface area contributed by atoms with E-state index in [1.807, 2.05) is 6.92 Å². The number of unbranched alkanes of at least 4 members (excludes halogenated alkanes) is 1. The van der Waals surface area contributed by atoms with E-state index >= 15 is 0 Å². The van der Waals surface area contributed by atoms with Crippen molar-refractivity contribution in [3.05, 3.63) is 65.2 Å². The van der Waals surface area contributed by atoms with Crippen LogP contribution < -0.4 is 41.8 Å². The minimum atomic E-state index is -1.24. The SMILES string of the molecule is CCCCOc1nc(N)c2nc(O)n(Cc3ccc(C(=O)NCCOCCOCCNC(=O)C(CCC(=O)O)NC(=O)C(NC(=O)CNC(=O)/C=C/c4ccc(O)c(OC)c4)C(C)C)cc3)c2n1. The number of imidazole rings is 1. The number of rotatable bonds is 29. The molecule has 0 aliphatic carbocycles. The number of ether oxygens (including phenoxy) is 4. The number of nitrogen functional groups attached to an aromatic ring is 1. The Bertz CT molecular complexity index is 2370. The Kier molecular flexibility index (Phi) is 21.2. The van der Waals surface area contributed by atoms with Gasteiger partial charge in [-0.2, -0.15) is 15.0 Å². The van der Waals surface area contributed by atoms with E-state index in [1.54, 1.807) is 44.2 Å². The van der Waals surface area contributed by atoms with Crippen molar-refractivity contribution in [2.75, 3.05) is 65.5 Å². The molecule has 23 nitrogen and oxygen atoms in total. The van der Waals surface area contributed by atoms with Crippen LogP contribution in [0.4, 0.5) is 5.82 Å². The lowest BCUT2D eigenvalue weighted by molar-refractivity contribution is -0.138. The Balaban J connectivity index is 1.12. The van der Waals surface area contributed by atoms with Crippen LogP contribution >= 0.6 is 0 Å². The number of carboxylic acid groups (broad SMARTS) is 1. The standard InChI is InChI=1S/C45H60N10O13/c1-5-6-19-68-44-53-39(46)38-40(54-44)55(45(64)52-38)26-29-7-11-30(12-8-29)41(61)47-17-20-66-22-23-67-21-18-48-42(62)31(13-16-36(59)60)50-43(63)37(27(2)3)51-35(58)25-49-34(57)15-10-28-9-14-32(56)33(24-28)65-4/h7-12,14-15,24,27,31,37,56H,5-6,13,16-23,25-26H2,1-4H3,(H,47,61)(H,48,62)(H,49,57)(H,50,63)(H,51,58)(H,52,64)(H,59,60)(H2,46,53,54)/b15-10+. The average Bonchev–Trinajstić information content (AvgIpc) is 3.63. The van der Waals surface area contributed by atoms with Gasteiger partial charge in [-0.05, 0) is 60.2 Å². The summed E-state index contributed by atoms with van der Waals surface area (Å²) in [5.41, 5.74) is 8.32. The van der Waals surface area contributed by atoms with Gasteiger partial charge >= 0.3 is 12.0 Å². The highest BCUT2D eigenvalue weighted by molar-refractivity contribution is 5.96. The number of phenolic OH excluding ortho intramolecular Hbond substituents is 1. The topological polar surface area (TPSA) is 330 Å². The summed E-state index contributed by atoms with van der Waals surface area (Å²) in [6, 6.07) is 8.69. The van der Waals surface area contributed by atoms with E-state index in [0.717, 1.165) is 18.4 Å². The van der Waals surface area contributed by atoms with Gasteiger partial charge in [0.25, 0.3) is 11.9 Å². The van der Waals surface area contributed by atoms with E-state index in [4.69, 9.17) is 24.7 Å². The zero-order valence-electron chi connectivity index (χ0n) is 38.4. The summed E-state index contributed by atoms with van der Waals surface area (Å²) in [6.45, 7) is 6.37. The van der Waals surface area contributed by atoms with Crippen LogP contribution in [0.2, 0.25) is 0 Å². The number of nitrogens with one attached hydrogen (secondary N) is 5. The predicted octanol–water partition coefficient (Wildman–Crippen LogP) is 1.25. The van der Waals surface area contributed by atoms with Crippen LogP contribution in [0, 0.1) is 5.92 Å². The molecular weight excluding hydrogens is 889 g/mol. The summed E-state index contributed by atoms with van der Waals surface area (Å²) in [5, 5.41) is 42.4. The number of aromatic nitrogens is 4. The van der Waals surface area contributed by atoms with E-state index in [9.17, 15) is 44.1 Å². The molecule has 4 rings (SSSR count). The van der Waals surface area contributed by atoms with Crippen molar-refractivity contribution in [1.82, 2.24) is 46.1 Å². The zero-order valence-corrected chi connectivity index (χ0v) is 38.4. The molecule has 0 aliphatic rings. The Morgan fingerprint density at radius 3 is 2.22 bits per heavy atom. The Labute approximate surface area is 392 Å². The van der Waals surface area contributed by atoms with Crippen LogP contribution in [-0.2, 0) is 40.0 Å². The number of anilines is 1. The van der Waals surface area contributed by atoms with Crippen molar-refractivity contribution >= 4 is 58.6 Å². The highest BCUT2D eigenvalue weighted by Gasteiger charge is 2.29. The highest BCUT2D eigenvalue weighted by Crippen LogP contribution is 2.27. The lowest BCUT2D eigenvalue weighted by atomic mass is 10.0. The van der Waals surface area contributed by atoms with Crippen LogP contribution in [0.25, 0.3) is 17.2 Å². The van der Waals surface area contributed by atoms with E-state index in [-0.39, 0.29) is 93.2 Å². The minimum Gasteiger partial charge on any atom is -0.504 e. The van der Waals surface area contributed by atoms with Crippen LogP contribution in [0.1, 0.15) is 67.9 Å². The maximum absolute atomic E-state index is 13.3. The quantitative estimate of drug-likeness (QED) is 0.0273. The van der Waals surface area contributed by atoms with E-state index < -0.39 is 60.6 Å². The normalized spacial score (nSPS) is 12.1. The highest BCUT2D eigenvalue weighted by atomic mass is 16.5. The van der Waals surface area contributed by atoms with Gasteiger partial charge in [0.1, 0.15) is 12.1 Å². The Morgan fingerprint density at radius 1 is 0.853 bits per heavy atom. The zero-order chi connectivity index (χ0) is 49.6. The molecular formula is C45H60N10O13. The molecule has 2 aromatic heterocycles. The first kappa shape index (κ1) is 53.1. The van der Waals surface area contributed by atoms with E-state index in [1.165, 1.54) is 36.0 Å². The summed E-state index contributed by atoms with van der Waals surface area (Å²) in [5.74, 6) is -4.38. The lowest BCUT2D eigenvalue weighted by Gasteiger charge is -2.25. The van der Waals surface area contributed by atoms with Crippen molar-refractivity contribution in [3.8, 4) is 23.5 Å². The number of carbonyl (C=O) groups is 6. The number of fused-ring (bicyclic) bond motifs is 1. The number of aliphatic carboxylic acids is 1. The second-order valence-corrected chi connectivity index (χ2v) is 15.5. The summed E-state index contributed by atoms with van der Waals surface area (Å²) < 4.78 is 23.2. The fourth-order valence-corrected chi connectivity index (χ4v) is 6.24. The predicted molar refractivity (Wildman–Crippen MR) is 247 cm³/mol. The third-order valence-electron chi connectivity index (χ3n) is 9.92. The number of aromatic hydroxyl groups is 2. The first-order chi connectivity index (χ1) is 32.6. The number of nitrogens with two attached hydrogens (primary N) is 1. The summed E-state index contributed by atoms with van der Waals surface area (Å²) in [6.07, 6.45) is 3.73. The molecule has 0 bridgehead atoms. The fraction of sp³-hybridized carbons (Fsp3) is 0.444. The molecule has 68 heavy (non-hydrogen) atoms. The third-order valence-corrected chi connectivity index (χ3v) is 9.92. The second kappa shape index (κ2) is 27.2. The fourth-order valence-electron chi connectivity index (χ4n) is 6.24. The second-order valence-electron chi connectivity index (χ2n) is 15.5. The molecule has 368 valence electrons. The minimum absolute atomic E-state index is 0.0317. The summed E-state index contributed by atoms with van der Waals surface area (Å²) in [7, 11) is 1.39. The monoisotopic (exact) mass is 948 g/mol. The van der Waals surface area contributed by atoms with Crippen molar-refractivity contribution in [2.45, 2.75) is 65.1 Å². The van der Waals surface area contributed by atoms with Crippen molar-refractivity contribution < 1.29 is 63.0 Å². The molecule has 23 heteroatoms. The number of amides is 5. The van der Waals surface area contributed by atoms with Gasteiger partial charge in [-0.3, -0.25) is 33.3 Å². The molecule has 2 atom stereocenters. The smallest absolute Gasteiger partial charge is 0.320 e. The van der Waals surface area contributed by atoms with Gasteiger partial charge in [0.2, 0.25) is 23.6 Å². The molecule has 0 saturated heterocycles. The van der Waals surface area contributed by atoms with Crippen LogP contribution in [0.3, 0.4) is 0 Å². The number of hydrogen-bond donors (Lipinski definition) is 9. The third kappa shape index (κ3) is 17.0. The number of methoxy groups -OCH3 is 1. The first-order valence-corrected chi connectivity index (χ1v) is 21.9. The van der Waals surface area contributed by atoms with Crippen LogP contribution in [-0.4, -0.2) is 142 Å². The molecule has 0 aliphatic heterocycles. The number of carboxylic acids is 1. The first-order valence-electron chi connectivity index (χ1n) is 21.9. The summed E-state index contributed by atoms with van der Waals surface area (Å²) in [4.78, 5) is 88.0. The van der Waals surface area contributed by atoms with Gasteiger partial charge in [0.05, 0.1) is 53.2 Å². The van der Waals surface area contributed by atoms with Crippen molar-refractivity contribution in [2.24, 2.45) is 5.92 Å². The van der Waals surface area contributed by atoms with Gasteiger partial charge in [-0.25, -0.2) is 0 Å². The molecule has 10 N–H and O–H groups in total. The molecule has 2 unspecified atom stereocenters. The summed E-state index contributed by atoms with van der Waals surface area (Å²) >= 11 is 0. The van der Waals surface area contributed by atoms with Crippen LogP contribution in [0.5, 0.6) is 23.5 Å². The lowest BCUT2D eigenvalue weighted by Crippen LogP contribution is -2.56. The Hall–Kier alpha value is -7.53. The van der Waals surface area contributed by atoms with Crippen molar-refractivity contribution in [1.29, 1.82) is 0 Å². The molecule has 0 radical (unpaired) electrons. The van der Waals surface area contributed by atoms with Gasteiger partial charge in [-0.15, -0.1) is 0 Å². The molecule has 2 aromatic carbocycles. The maximum atomic E-state index is 13.3. The number of phenols is 1. The van der Waals surface area contributed by atoms with Crippen molar-refractivity contribution in [3.63, 3.8) is 0 Å². The van der Waals surface area contributed by atoms with Gasteiger partial charge < -0.3 is 66.6 Å². The largest absolute Gasteiger partial charge is 0.504 e. The van der Waals surface area contributed by atoms with E-state index in [2.05, 4.69) is 41.5 Å².